The Balaban J connectivity index is 2.06. The molecule has 0 aliphatic heterocycles. The van der Waals surface area contributed by atoms with Gasteiger partial charge in [-0.25, -0.2) is 4.98 Å². The first kappa shape index (κ1) is 14.4. The van der Waals surface area contributed by atoms with Crippen molar-refractivity contribution in [1.82, 2.24) is 9.97 Å². The Kier molecular flexibility index (Phi) is 4.43. The van der Waals surface area contributed by atoms with Gasteiger partial charge in [0.25, 0.3) is 0 Å². The van der Waals surface area contributed by atoms with Gasteiger partial charge in [0.1, 0.15) is 5.01 Å². The summed E-state index contributed by atoms with van der Waals surface area (Å²) in [5, 5.41) is 0.935. The number of nitrogens with two attached hydrogens (primary N) is 1. The molecule has 0 fully saturated rings. The van der Waals surface area contributed by atoms with E-state index in [0.29, 0.717) is 6.54 Å². The molecular formula is C16H14BrN3S. The summed E-state index contributed by atoms with van der Waals surface area (Å²) >= 11 is 5.07. The van der Waals surface area contributed by atoms with Crippen LogP contribution in [0.2, 0.25) is 0 Å². The van der Waals surface area contributed by atoms with Gasteiger partial charge in [0, 0.05) is 21.1 Å². The molecule has 0 saturated carbocycles. The predicted octanol–water partition coefficient (Wildman–Crippen LogP) is 4.14. The maximum atomic E-state index is 5.73. The zero-order valence-corrected chi connectivity index (χ0v) is 13.7. The molecule has 0 saturated heterocycles. The number of benzene rings is 1. The van der Waals surface area contributed by atoms with Crippen LogP contribution < -0.4 is 5.73 Å². The molecule has 0 spiro atoms. The van der Waals surface area contributed by atoms with Gasteiger partial charge in [0.2, 0.25) is 0 Å². The minimum atomic E-state index is 0.620. The van der Waals surface area contributed by atoms with E-state index in [0.717, 1.165) is 32.9 Å². The first-order valence-electron chi connectivity index (χ1n) is 6.65. The van der Waals surface area contributed by atoms with Crippen LogP contribution in [0.1, 0.15) is 4.88 Å². The van der Waals surface area contributed by atoms with Crippen LogP contribution in [-0.4, -0.2) is 16.5 Å². The Bertz CT molecular complexity index is 723. The Labute approximate surface area is 136 Å². The Hall–Kier alpha value is -1.56. The topological polar surface area (TPSA) is 51.8 Å². The van der Waals surface area contributed by atoms with Crippen molar-refractivity contribution in [3.8, 4) is 22.0 Å². The van der Waals surface area contributed by atoms with E-state index in [4.69, 9.17) is 10.7 Å². The van der Waals surface area contributed by atoms with Gasteiger partial charge in [0.05, 0.1) is 11.4 Å². The second-order valence-corrected chi connectivity index (χ2v) is 6.56. The van der Waals surface area contributed by atoms with Crippen molar-refractivity contribution in [3.05, 3.63) is 58.0 Å². The van der Waals surface area contributed by atoms with Crippen molar-refractivity contribution in [1.29, 1.82) is 0 Å². The lowest BCUT2D eigenvalue weighted by Gasteiger charge is -2.00. The SMILES string of the molecule is NCCc1sc(-c2ccc(Br)cn2)nc1-c1ccccc1. The van der Waals surface area contributed by atoms with E-state index in [-0.39, 0.29) is 0 Å². The fourth-order valence-electron chi connectivity index (χ4n) is 2.09. The molecule has 0 aliphatic carbocycles. The molecule has 21 heavy (non-hydrogen) atoms. The van der Waals surface area contributed by atoms with Gasteiger partial charge in [0.15, 0.2) is 0 Å². The summed E-state index contributed by atoms with van der Waals surface area (Å²) in [6.45, 7) is 0.620. The summed E-state index contributed by atoms with van der Waals surface area (Å²) in [5.41, 5.74) is 8.77. The van der Waals surface area contributed by atoms with Gasteiger partial charge in [-0.2, -0.15) is 0 Å². The molecule has 0 amide bonds. The number of aromatic nitrogens is 2. The summed E-state index contributed by atoms with van der Waals surface area (Å²) in [6.07, 6.45) is 2.62. The number of nitrogens with zero attached hydrogens (tertiary/aromatic N) is 2. The van der Waals surface area contributed by atoms with Gasteiger partial charge in [-0.05, 0) is 41.0 Å². The third-order valence-electron chi connectivity index (χ3n) is 3.06. The highest BCUT2D eigenvalue weighted by atomic mass is 79.9. The molecule has 3 nitrogen and oxygen atoms in total. The van der Waals surface area contributed by atoms with E-state index < -0.39 is 0 Å². The highest BCUT2D eigenvalue weighted by Crippen LogP contribution is 2.33. The molecule has 0 unspecified atom stereocenters. The summed E-state index contributed by atoms with van der Waals surface area (Å²) in [4.78, 5) is 10.4. The summed E-state index contributed by atoms with van der Waals surface area (Å²) in [7, 11) is 0. The zero-order chi connectivity index (χ0) is 14.7. The van der Waals surface area contributed by atoms with Gasteiger partial charge in [-0.3, -0.25) is 4.98 Å². The zero-order valence-electron chi connectivity index (χ0n) is 11.3. The van der Waals surface area contributed by atoms with Crippen molar-refractivity contribution in [2.45, 2.75) is 6.42 Å². The van der Waals surface area contributed by atoms with Crippen LogP contribution in [0.3, 0.4) is 0 Å². The number of hydrogen-bond donors (Lipinski definition) is 1. The van der Waals surface area contributed by atoms with Crippen LogP contribution in [-0.2, 0) is 6.42 Å². The molecule has 3 rings (SSSR count). The van der Waals surface area contributed by atoms with Crippen LogP contribution in [0.25, 0.3) is 22.0 Å². The van der Waals surface area contributed by atoms with E-state index in [2.05, 4.69) is 33.0 Å². The summed E-state index contributed by atoms with van der Waals surface area (Å²) < 4.78 is 0.966. The Morgan fingerprint density at radius 1 is 1.10 bits per heavy atom. The van der Waals surface area contributed by atoms with E-state index in [1.54, 1.807) is 17.5 Å². The van der Waals surface area contributed by atoms with Crippen molar-refractivity contribution in [2.24, 2.45) is 5.73 Å². The smallest absolute Gasteiger partial charge is 0.142 e. The molecule has 0 radical (unpaired) electrons. The third-order valence-corrected chi connectivity index (χ3v) is 4.67. The lowest BCUT2D eigenvalue weighted by Crippen LogP contribution is -2.02. The Morgan fingerprint density at radius 3 is 2.57 bits per heavy atom. The lowest BCUT2D eigenvalue weighted by atomic mass is 10.1. The fourth-order valence-corrected chi connectivity index (χ4v) is 3.40. The molecule has 2 aromatic heterocycles. The molecule has 1 aromatic carbocycles. The average molecular weight is 360 g/mol. The summed E-state index contributed by atoms with van der Waals surface area (Å²) in [5.74, 6) is 0. The van der Waals surface area contributed by atoms with Gasteiger partial charge in [-0.15, -0.1) is 11.3 Å². The number of rotatable bonds is 4. The van der Waals surface area contributed by atoms with Crippen molar-refractivity contribution < 1.29 is 0 Å². The number of hydrogen-bond acceptors (Lipinski definition) is 4. The fraction of sp³-hybridized carbons (Fsp3) is 0.125. The Morgan fingerprint density at radius 2 is 1.90 bits per heavy atom. The monoisotopic (exact) mass is 359 g/mol. The van der Waals surface area contributed by atoms with E-state index in [1.807, 2.05) is 30.3 Å². The van der Waals surface area contributed by atoms with E-state index in [1.165, 1.54) is 4.88 Å². The summed E-state index contributed by atoms with van der Waals surface area (Å²) in [6, 6.07) is 14.2. The standard InChI is InChI=1S/C16H14BrN3S/c17-12-6-7-13(19-10-12)16-20-15(14(21-16)8-9-18)11-4-2-1-3-5-11/h1-7,10H,8-9,18H2. The number of thiazole rings is 1. The van der Waals surface area contributed by atoms with Crippen LogP contribution in [0.5, 0.6) is 0 Å². The molecule has 106 valence electrons. The van der Waals surface area contributed by atoms with Crippen LogP contribution >= 0.6 is 27.3 Å². The predicted molar refractivity (Wildman–Crippen MR) is 91.2 cm³/mol. The highest BCUT2D eigenvalue weighted by Gasteiger charge is 2.14. The maximum Gasteiger partial charge on any atom is 0.142 e. The molecule has 2 N–H and O–H groups in total. The first-order chi connectivity index (χ1) is 10.3. The highest BCUT2D eigenvalue weighted by molar-refractivity contribution is 9.10. The van der Waals surface area contributed by atoms with Gasteiger partial charge in [-0.1, -0.05) is 30.3 Å². The minimum absolute atomic E-state index is 0.620. The second kappa shape index (κ2) is 6.47. The maximum absolute atomic E-state index is 5.73. The largest absolute Gasteiger partial charge is 0.330 e. The average Bonchev–Trinajstić information content (AvgIpc) is 2.93. The van der Waals surface area contributed by atoms with E-state index >= 15 is 0 Å². The van der Waals surface area contributed by atoms with Crippen molar-refractivity contribution in [3.63, 3.8) is 0 Å². The number of pyridine rings is 1. The molecule has 3 aromatic rings. The molecule has 0 atom stereocenters. The second-order valence-electron chi connectivity index (χ2n) is 4.56. The van der Waals surface area contributed by atoms with Crippen LogP contribution in [0.15, 0.2) is 53.1 Å². The third kappa shape index (κ3) is 3.20. The first-order valence-corrected chi connectivity index (χ1v) is 8.26. The van der Waals surface area contributed by atoms with Crippen LogP contribution in [0.4, 0.5) is 0 Å². The van der Waals surface area contributed by atoms with E-state index in [9.17, 15) is 0 Å². The molecule has 5 heteroatoms. The van der Waals surface area contributed by atoms with Gasteiger partial charge < -0.3 is 5.73 Å². The lowest BCUT2D eigenvalue weighted by molar-refractivity contribution is 0.986. The quantitative estimate of drug-likeness (QED) is 0.761. The van der Waals surface area contributed by atoms with Gasteiger partial charge >= 0.3 is 0 Å². The van der Waals surface area contributed by atoms with Crippen LogP contribution in [0, 0.1) is 0 Å². The molecule has 0 bridgehead atoms. The normalized spacial score (nSPS) is 10.8. The molecule has 2 heterocycles. The number of halogens is 1. The van der Waals surface area contributed by atoms with Crippen molar-refractivity contribution in [2.75, 3.05) is 6.54 Å². The minimum Gasteiger partial charge on any atom is -0.330 e. The molecule has 0 aliphatic rings. The molecular weight excluding hydrogens is 346 g/mol. The van der Waals surface area contributed by atoms with Crippen molar-refractivity contribution >= 4 is 27.3 Å².